The summed E-state index contributed by atoms with van der Waals surface area (Å²) in [6, 6.07) is 0. The largest absolute Gasteiger partial charge is 0.382 e. The highest BCUT2D eigenvalue weighted by atomic mass is 19.3. The van der Waals surface area contributed by atoms with Gasteiger partial charge in [-0.25, -0.2) is 8.78 Å². The molecule has 9 heavy (non-hydrogen) atoms. The molecule has 1 saturated carbocycles. The molecule has 0 aromatic carbocycles. The Kier molecular flexibility index (Phi) is 1.10. The summed E-state index contributed by atoms with van der Waals surface area (Å²) in [6.45, 7) is 0. The molecule has 0 bridgehead atoms. The smallest absolute Gasteiger partial charge is 0.254 e. The Labute approximate surface area is 50.5 Å². The number of aliphatic hydroxyl groups is 1. The number of halogens is 2. The zero-order valence-electron chi connectivity index (χ0n) is 4.60. The van der Waals surface area contributed by atoms with E-state index >= 15 is 0 Å². The van der Waals surface area contributed by atoms with Gasteiger partial charge in [0.1, 0.15) is 5.60 Å². The van der Waals surface area contributed by atoms with E-state index in [1.54, 1.807) is 0 Å². The maximum Gasteiger partial charge on any atom is 0.254 e. The van der Waals surface area contributed by atoms with Crippen LogP contribution in [0.5, 0.6) is 0 Å². The first-order valence-corrected chi connectivity index (χ1v) is 2.54. The molecule has 0 aromatic heterocycles. The third-order valence-corrected chi connectivity index (χ3v) is 1.35. The molecule has 0 saturated heterocycles. The van der Waals surface area contributed by atoms with Crippen LogP contribution in [0.3, 0.4) is 0 Å². The monoisotopic (exact) mass is 136 g/mol. The van der Waals surface area contributed by atoms with Crippen molar-refractivity contribution in [2.24, 2.45) is 0 Å². The summed E-state index contributed by atoms with van der Waals surface area (Å²) in [4.78, 5) is 9.81. The number of carbonyl (C=O) groups is 1. The SMILES string of the molecule is O=CC1(O)CC(F)(F)C1. The number of hydrogen-bond donors (Lipinski definition) is 1. The molecule has 0 aliphatic heterocycles. The number of hydrogen-bond acceptors (Lipinski definition) is 2. The molecule has 1 aliphatic carbocycles. The predicted molar refractivity (Wildman–Crippen MR) is 25.2 cm³/mol. The second kappa shape index (κ2) is 1.50. The van der Waals surface area contributed by atoms with Crippen molar-refractivity contribution < 1.29 is 18.7 Å². The van der Waals surface area contributed by atoms with Gasteiger partial charge in [0.15, 0.2) is 6.29 Å². The van der Waals surface area contributed by atoms with E-state index in [1.807, 2.05) is 0 Å². The Bertz CT molecular complexity index is 136. The van der Waals surface area contributed by atoms with Crippen molar-refractivity contribution in [3.63, 3.8) is 0 Å². The van der Waals surface area contributed by atoms with Crippen LogP contribution in [0.4, 0.5) is 8.78 Å². The maximum absolute atomic E-state index is 11.9. The van der Waals surface area contributed by atoms with E-state index in [9.17, 15) is 13.6 Å². The number of rotatable bonds is 1. The molecule has 1 N–H and O–H groups in total. The maximum atomic E-state index is 11.9. The van der Waals surface area contributed by atoms with Gasteiger partial charge in [-0.3, -0.25) is 0 Å². The summed E-state index contributed by atoms with van der Waals surface area (Å²) < 4.78 is 23.8. The first-order chi connectivity index (χ1) is 3.97. The highest BCUT2D eigenvalue weighted by molar-refractivity contribution is 5.64. The van der Waals surface area contributed by atoms with Crippen molar-refractivity contribution in [3.05, 3.63) is 0 Å². The van der Waals surface area contributed by atoms with Gasteiger partial charge in [0, 0.05) is 12.8 Å². The molecule has 0 aromatic rings. The van der Waals surface area contributed by atoms with Gasteiger partial charge in [0.05, 0.1) is 0 Å². The van der Waals surface area contributed by atoms with Crippen molar-refractivity contribution in [1.29, 1.82) is 0 Å². The average Bonchev–Trinajstić information content (AvgIpc) is 1.61. The minimum absolute atomic E-state index is 0.171. The van der Waals surface area contributed by atoms with Gasteiger partial charge >= 0.3 is 0 Å². The van der Waals surface area contributed by atoms with E-state index in [4.69, 9.17) is 5.11 Å². The molecule has 0 unspecified atom stereocenters. The topological polar surface area (TPSA) is 37.3 Å². The van der Waals surface area contributed by atoms with Crippen LogP contribution in [-0.4, -0.2) is 22.9 Å². The summed E-state index contributed by atoms with van der Waals surface area (Å²) in [5.74, 6) is -2.82. The highest BCUT2D eigenvalue weighted by Crippen LogP contribution is 2.43. The number of carbonyl (C=O) groups excluding carboxylic acids is 1. The van der Waals surface area contributed by atoms with Crippen LogP contribution in [0.15, 0.2) is 0 Å². The highest BCUT2D eigenvalue weighted by Gasteiger charge is 2.55. The molecule has 1 rings (SSSR count). The van der Waals surface area contributed by atoms with E-state index in [1.165, 1.54) is 0 Å². The molecule has 0 atom stereocenters. The third kappa shape index (κ3) is 1.08. The van der Waals surface area contributed by atoms with Crippen LogP contribution in [0.25, 0.3) is 0 Å². The fraction of sp³-hybridized carbons (Fsp3) is 0.800. The van der Waals surface area contributed by atoms with Crippen LogP contribution in [0.2, 0.25) is 0 Å². The van der Waals surface area contributed by atoms with Crippen molar-refractivity contribution in [2.75, 3.05) is 0 Å². The van der Waals surface area contributed by atoms with Crippen LogP contribution < -0.4 is 0 Å². The Balaban J connectivity index is 2.50. The molecule has 0 amide bonds. The molecule has 1 aliphatic rings. The van der Waals surface area contributed by atoms with Gasteiger partial charge in [-0.05, 0) is 0 Å². The molecule has 1 fully saturated rings. The molecular weight excluding hydrogens is 130 g/mol. The van der Waals surface area contributed by atoms with Gasteiger partial charge in [0.25, 0.3) is 5.92 Å². The second-order valence-electron chi connectivity index (χ2n) is 2.43. The minimum Gasteiger partial charge on any atom is -0.382 e. The zero-order valence-corrected chi connectivity index (χ0v) is 4.60. The van der Waals surface area contributed by atoms with Crippen molar-refractivity contribution in [1.82, 2.24) is 0 Å². The fourth-order valence-electron chi connectivity index (χ4n) is 0.927. The van der Waals surface area contributed by atoms with Gasteiger partial charge in [-0.1, -0.05) is 0 Å². The molecule has 0 spiro atoms. The first kappa shape index (κ1) is 6.61. The standard InChI is InChI=1S/C5H6F2O2/c6-5(7)1-4(9,2-5)3-8/h3,9H,1-2H2. The molecule has 2 nitrogen and oxygen atoms in total. The average molecular weight is 136 g/mol. The van der Waals surface area contributed by atoms with Crippen LogP contribution in [0, 0.1) is 0 Å². The summed E-state index contributed by atoms with van der Waals surface area (Å²) in [7, 11) is 0. The Hall–Kier alpha value is -0.510. The predicted octanol–water partition coefficient (Wildman–Crippen LogP) is 0.346. The van der Waals surface area contributed by atoms with E-state index in [0.717, 1.165) is 0 Å². The molecule has 52 valence electrons. The van der Waals surface area contributed by atoms with E-state index in [-0.39, 0.29) is 6.29 Å². The van der Waals surface area contributed by atoms with E-state index in [2.05, 4.69) is 0 Å². The Morgan fingerprint density at radius 1 is 1.44 bits per heavy atom. The van der Waals surface area contributed by atoms with Gasteiger partial charge < -0.3 is 9.90 Å². The molecule has 0 heterocycles. The fourth-order valence-corrected chi connectivity index (χ4v) is 0.927. The lowest BCUT2D eigenvalue weighted by Gasteiger charge is -2.38. The molecule has 0 radical (unpaired) electrons. The van der Waals surface area contributed by atoms with Crippen molar-refractivity contribution in [2.45, 2.75) is 24.4 Å². The molecular formula is C5H6F2O2. The second-order valence-corrected chi connectivity index (χ2v) is 2.43. The first-order valence-electron chi connectivity index (χ1n) is 2.54. The summed E-state index contributed by atoms with van der Waals surface area (Å²) in [5, 5.41) is 8.71. The van der Waals surface area contributed by atoms with E-state index < -0.39 is 24.4 Å². The lowest BCUT2D eigenvalue weighted by atomic mass is 9.78. The van der Waals surface area contributed by atoms with Gasteiger partial charge in [-0.2, -0.15) is 0 Å². The zero-order chi connectivity index (χ0) is 7.12. The quantitative estimate of drug-likeness (QED) is 0.528. The van der Waals surface area contributed by atoms with Crippen LogP contribution in [0.1, 0.15) is 12.8 Å². The number of alkyl halides is 2. The molecule has 4 heteroatoms. The Morgan fingerprint density at radius 2 is 1.89 bits per heavy atom. The van der Waals surface area contributed by atoms with Crippen LogP contribution >= 0.6 is 0 Å². The minimum atomic E-state index is -2.82. The summed E-state index contributed by atoms with van der Waals surface area (Å²) in [6.07, 6.45) is -1.27. The van der Waals surface area contributed by atoms with Gasteiger partial charge in [-0.15, -0.1) is 0 Å². The lowest BCUT2D eigenvalue weighted by molar-refractivity contribution is -0.197. The van der Waals surface area contributed by atoms with Gasteiger partial charge in [0.2, 0.25) is 0 Å². The van der Waals surface area contributed by atoms with Crippen molar-refractivity contribution in [3.8, 4) is 0 Å². The van der Waals surface area contributed by atoms with Crippen LogP contribution in [-0.2, 0) is 4.79 Å². The third-order valence-electron chi connectivity index (χ3n) is 1.35. The lowest BCUT2D eigenvalue weighted by Crippen LogP contribution is -2.52. The van der Waals surface area contributed by atoms with Crippen molar-refractivity contribution >= 4 is 6.29 Å². The summed E-state index contributed by atoms with van der Waals surface area (Å²) >= 11 is 0. The normalized spacial score (nSPS) is 28.8. The Morgan fingerprint density at radius 3 is 2.00 bits per heavy atom. The summed E-state index contributed by atoms with van der Waals surface area (Å²) in [5.41, 5.74) is -1.73. The van der Waals surface area contributed by atoms with E-state index in [0.29, 0.717) is 0 Å². The number of aldehydes is 1.